The molecule has 1 amide bonds. The molecule has 0 aliphatic heterocycles. The summed E-state index contributed by atoms with van der Waals surface area (Å²) in [7, 11) is -3.46. The maximum Gasteiger partial charge on any atom is 0.253 e. The highest BCUT2D eigenvalue weighted by atomic mass is 35.5. The fourth-order valence-corrected chi connectivity index (χ4v) is 4.32. The quantitative estimate of drug-likeness (QED) is 0.617. The first kappa shape index (κ1) is 20.9. The smallest absolute Gasteiger partial charge is 0.253 e. The lowest BCUT2D eigenvalue weighted by Gasteiger charge is -2.11. The SMILES string of the molecule is CS(=O)(=O)Nc1ccccc1C(=O)NCCSCc1c(Cl)cccc1Cl. The monoisotopic (exact) mass is 432 g/mol. The van der Waals surface area contributed by atoms with Crippen LogP contribution in [-0.4, -0.2) is 32.9 Å². The van der Waals surface area contributed by atoms with E-state index in [2.05, 4.69) is 10.0 Å². The van der Waals surface area contributed by atoms with Gasteiger partial charge in [-0.05, 0) is 29.8 Å². The maximum atomic E-state index is 12.3. The molecule has 0 saturated heterocycles. The van der Waals surface area contributed by atoms with Crippen molar-refractivity contribution in [3.8, 4) is 0 Å². The van der Waals surface area contributed by atoms with E-state index in [1.165, 1.54) is 0 Å². The molecule has 0 aliphatic rings. The summed E-state index contributed by atoms with van der Waals surface area (Å²) in [5.74, 6) is 0.961. The molecule has 2 aromatic rings. The third-order valence-corrected chi connectivity index (χ3v) is 5.59. The van der Waals surface area contributed by atoms with Crippen LogP contribution in [0.1, 0.15) is 15.9 Å². The summed E-state index contributed by atoms with van der Waals surface area (Å²) in [4.78, 5) is 12.3. The van der Waals surface area contributed by atoms with Gasteiger partial charge in [-0.25, -0.2) is 8.42 Å². The second kappa shape index (κ2) is 9.50. The Morgan fingerprint density at radius 1 is 1.08 bits per heavy atom. The predicted octanol–water partition coefficient (Wildman–Crippen LogP) is 4.03. The fourth-order valence-electron chi connectivity index (χ4n) is 2.15. The summed E-state index contributed by atoms with van der Waals surface area (Å²) < 4.78 is 25.1. The van der Waals surface area contributed by atoms with E-state index >= 15 is 0 Å². The second-order valence-electron chi connectivity index (χ2n) is 5.43. The van der Waals surface area contributed by atoms with Gasteiger partial charge in [0.15, 0.2) is 0 Å². The highest BCUT2D eigenvalue weighted by Gasteiger charge is 2.13. The van der Waals surface area contributed by atoms with Crippen LogP contribution in [0.4, 0.5) is 5.69 Å². The number of halogens is 2. The molecule has 0 atom stereocenters. The van der Waals surface area contributed by atoms with Crippen LogP contribution in [0.5, 0.6) is 0 Å². The first-order chi connectivity index (χ1) is 12.3. The minimum absolute atomic E-state index is 0.253. The lowest BCUT2D eigenvalue weighted by molar-refractivity contribution is 0.0957. The molecule has 0 spiro atoms. The van der Waals surface area contributed by atoms with Gasteiger partial charge in [-0.15, -0.1) is 0 Å². The average molecular weight is 433 g/mol. The Labute approximate surface area is 167 Å². The molecule has 5 nitrogen and oxygen atoms in total. The van der Waals surface area contributed by atoms with Crippen LogP contribution in [-0.2, 0) is 15.8 Å². The number of thioether (sulfide) groups is 1. The normalized spacial score (nSPS) is 11.2. The molecule has 0 fully saturated rings. The Hall–Kier alpha value is -1.41. The first-order valence-corrected chi connectivity index (χ1v) is 11.4. The standard InChI is InChI=1S/C17H18Cl2N2O3S2/c1-26(23,24)21-16-8-3-2-5-12(16)17(22)20-9-10-25-11-13-14(18)6-4-7-15(13)19/h2-8,21H,9-11H2,1H3,(H,20,22). The van der Waals surface area contributed by atoms with Crippen molar-refractivity contribution >= 4 is 56.6 Å². The van der Waals surface area contributed by atoms with Crippen LogP contribution in [0, 0.1) is 0 Å². The number of amides is 1. The van der Waals surface area contributed by atoms with Gasteiger partial charge in [0.2, 0.25) is 10.0 Å². The molecular formula is C17H18Cl2N2O3S2. The van der Waals surface area contributed by atoms with Crippen molar-refractivity contribution in [3.05, 3.63) is 63.6 Å². The molecule has 2 rings (SSSR count). The predicted molar refractivity (Wildman–Crippen MR) is 110 cm³/mol. The maximum absolute atomic E-state index is 12.3. The van der Waals surface area contributed by atoms with Crippen molar-refractivity contribution < 1.29 is 13.2 Å². The number of anilines is 1. The van der Waals surface area contributed by atoms with E-state index in [9.17, 15) is 13.2 Å². The molecule has 9 heteroatoms. The number of benzene rings is 2. The van der Waals surface area contributed by atoms with Gasteiger partial charge >= 0.3 is 0 Å². The molecule has 140 valence electrons. The van der Waals surface area contributed by atoms with E-state index in [-0.39, 0.29) is 17.2 Å². The third-order valence-electron chi connectivity index (χ3n) is 3.31. The van der Waals surface area contributed by atoms with Crippen molar-refractivity contribution in [1.29, 1.82) is 0 Å². The summed E-state index contributed by atoms with van der Waals surface area (Å²) in [5, 5.41) is 4.02. The number of hydrogen-bond donors (Lipinski definition) is 2. The fraction of sp³-hybridized carbons (Fsp3) is 0.235. The van der Waals surface area contributed by atoms with Crippen LogP contribution in [0.2, 0.25) is 10.0 Å². The summed E-state index contributed by atoms with van der Waals surface area (Å²) in [6.07, 6.45) is 1.04. The van der Waals surface area contributed by atoms with Gasteiger partial charge in [0.25, 0.3) is 5.91 Å². The van der Waals surface area contributed by atoms with Crippen molar-refractivity contribution in [2.45, 2.75) is 5.75 Å². The average Bonchev–Trinajstić information content (AvgIpc) is 2.55. The van der Waals surface area contributed by atoms with Crippen molar-refractivity contribution in [2.24, 2.45) is 0 Å². The van der Waals surface area contributed by atoms with Gasteiger partial charge < -0.3 is 5.32 Å². The second-order valence-corrected chi connectivity index (χ2v) is 9.10. The lowest BCUT2D eigenvalue weighted by atomic mass is 10.2. The van der Waals surface area contributed by atoms with Gasteiger partial charge in [-0.2, -0.15) is 11.8 Å². The Morgan fingerprint density at radius 3 is 2.38 bits per heavy atom. The molecule has 0 unspecified atom stereocenters. The molecule has 0 saturated carbocycles. The Balaban J connectivity index is 1.86. The molecule has 2 N–H and O–H groups in total. The van der Waals surface area contributed by atoms with Gasteiger partial charge in [0.05, 0.1) is 17.5 Å². The summed E-state index contributed by atoms with van der Waals surface area (Å²) in [6, 6.07) is 11.8. The van der Waals surface area contributed by atoms with Gasteiger partial charge in [0, 0.05) is 28.1 Å². The zero-order valence-electron chi connectivity index (χ0n) is 14.0. The number of carbonyl (C=O) groups excluding carboxylic acids is 1. The molecular weight excluding hydrogens is 415 g/mol. The minimum atomic E-state index is -3.46. The molecule has 2 aromatic carbocycles. The van der Waals surface area contributed by atoms with E-state index in [1.807, 2.05) is 0 Å². The summed E-state index contributed by atoms with van der Waals surface area (Å²) in [6.45, 7) is 0.429. The van der Waals surface area contributed by atoms with E-state index in [0.717, 1.165) is 11.8 Å². The van der Waals surface area contributed by atoms with Crippen molar-refractivity contribution in [3.63, 3.8) is 0 Å². The molecule has 0 bridgehead atoms. The molecule has 0 aliphatic carbocycles. The highest BCUT2D eigenvalue weighted by Crippen LogP contribution is 2.28. The Kier molecular flexibility index (Phi) is 7.64. The van der Waals surface area contributed by atoms with Crippen LogP contribution >= 0.6 is 35.0 Å². The van der Waals surface area contributed by atoms with E-state index in [0.29, 0.717) is 28.1 Å². The number of sulfonamides is 1. The third kappa shape index (κ3) is 6.39. The number of hydrogen-bond acceptors (Lipinski definition) is 4. The highest BCUT2D eigenvalue weighted by molar-refractivity contribution is 7.98. The minimum Gasteiger partial charge on any atom is -0.351 e. The first-order valence-electron chi connectivity index (χ1n) is 7.63. The molecule has 0 radical (unpaired) electrons. The number of carbonyl (C=O) groups is 1. The van der Waals surface area contributed by atoms with E-state index in [4.69, 9.17) is 23.2 Å². The van der Waals surface area contributed by atoms with Gasteiger partial charge in [-0.3, -0.25) is 9.52 Å². The van der Waals surface area contributed by atoms with E-state index in [1.54, 1.807) is 54.2 Å². The molecule has 26 heavy (non-hydrogen) atoms. The summed E-state index contributed by atoms with van der Waals surface area (Å²) in [5.41, 5.74) is 1.40. The Morgan fingerprint density at radius 2 is 1.73 bits per heavy atom. The number of nitrogens with one attached hydrogen (secondary N) is 2. The van der Waals surface area contributed by atoms with Gasteiger partial charge in [-0.1, -0.05) is 41.4 Å². The van der Waals surface area contributed by atoms with Crippen molar-refractivity contribution in [2.75, 3.05) is 23.3 Å². The lowest BCUT2D eigenvalue weighted by Crippen LogP contribution is -2.27. The van der Waals surface area contributed by atoms with Crippen LogP contribution < -0.4 is 10.0 Å². The van der Waals surface area contributed by atoms with Crippen molar-refractivity contribution in [1.82, 2.24) is 5.32 Å². The number of para-hydroxylation sites is 1. The number of rotatable bonds is 8. The van der Waals surface area contributed by atoms with Crippen LogP contribution in [0.15, 0.2) is 42.5 Å². The zero-order valence-corrected chi connectivity index (χ0v) is 17.1. The molecule has 0 aromatic heterocycles. The zero-order chi connectivity index (χ0) is 19.2. The molecule has 0 heterocycles. The topological polar surface area (TPSA) is 75.3 Å². The van der Waals surface area contributed by atoms with Crippen LogP contribution in [0.3, 0.4) is 0 Å². The van der Waals surface area contributed by atoms with Gasteiger partial charge in [0.1, 0.15) is 0 Å². The van der Waals surface area contributed by atoms with Crippen LogP contribution in [0.25, 0.3) is 0 Å². The van der Waals surface area contributed by atoms with E-state index < -0.39 is 10.0 Å². The summed E-state index contributed by atoms with van der Waals surface area (Å²) >= 11 is 13.8. The largest absolute Gasteiger partial charge is 0.351 e. The Bertz CT molecular complexity index is 869.